The number of aryl methyl sites for hydroxylation is 1. The molecule has 0 atom stereocenters. The Hall–Kier alpha value is -1.39. The summed E-state index contributed by atoms with van der Waals surface area (Å²) in [6.07, 6.45) is 1.78. The molecule has 0 saturated heterocycles. The molecule has 3 nitrogen and oxygen atoms in total. The summed E-state index contributed by atoms with van der Waals surface area (Å²) in [5.74, 6) is 0. The Kier molecular flexibility index (Phi) is 3.54. The summed E-state index contributed by atoms with van der Waals surface area (Å²) in [5, 5.41) is 0.778. The molecule has 2 N–H and O–H groups in total. The fourth-order valence-corrected chi connectivity index (χ4v) is 2.06. The summed E-state index contributed by atoms with van der Waals surface area (Å²) >= 11 is 1.56. The first kappa shape index (κ1) is 11.1. The average molecular weight is 231 g/mol. The van der Waals surface area contributed by atoms with Gasteiger partial charge >= 0.3 is 0 Å². The van der Waals surface area contributed by atoms with Gasteiger partial charge in [0.25, 0.3) is 0 Å². The summed E-state index contributed by atoms with van der Waals surface area (Å²) in [6.45, 7) is 2.54. The lowest BCUT2D eigenvalue weighted by Crippen LogP contribution is -1.95. The van der Waals surface area contributed by atoms with Crippen molar-refractivity contribution in [1.82, 2.24) is 9.97 Å². The first-order chi connectivity index (χ1) is 7.78. The van der Waals surface area contributed by atoms with Gasteiger partial charge in [0, 0.05) is 23.3 Å². The van der Waals surface area contributed by atoms with E-state index in [-0.39, 0.29) is 0 Å². The van der Waals surface area contributed by atoms with E-state index in [1.165, 1.54) is 0 Å². The molecule has 4 heteroatoms. The number of nitrogens with two attached hydrogens (primary N) is 1. The molecule has 0 aliphatic carbocycles. The number of rotatable bonds is 3. The zero-order valence-corrected chi connectivity index (χ0v) is 9.87. The van der Waals surface area contributed by atoms with Crippen LogP contribution in [0.2, 0.25) is 0 Å². The summed E-state index contributed by atoms with van der Waals surface area (Å²) in [4.78, 5) is 9.67. The van der Waals surface area contributed by atoms with Crippen molar-refractivity contribution in [1.29, 1.82) is 0 Å². The monoisotopic (exact) mass is 231 g/mol. The Balaban J connectivity index is 2.14. The Labute approximate surface area is 99.1 Å². The van der Waals surface area contributed by atoms with Crippen LogP contribution in [-0.4, -0.2) is 9.97 Å². The molecule has 0 aliphatic heterocycles. The smallest absolute Gasteiger partial charge is 0.192 e. The number of benzene rings is 1. The molecule has 16 heavy (non-hydrogen) atoms. The van der Waals surface area contributed by atoms with Gasteiger partial charge in [-0.15, -0.1) is 0 Å². The topological polar surface area (TPSA) is 51.8 Å². The minimum atomic E-state index is 0.575. The van der Waals surface area contributed by atoms with Crippen molar-refractivity contribution in [2.75, 3.05) is 0 Å². The first-order valence-corrected chi connectivity index (χ1v) is 5.86. The quantitative estimate of drug-likeness (QED) is 0.824. The predicted octanol–water partition coefficient (Wildman–Crippen LogP) is 2.39. The molecular formula is C12H13N3S. The summed E-state index contributed by atoms with van der Waals surface area (Å²) < 4.78 is 0. The van der Waals surface area contributed by atoms with E-state index in [2.05, 4.69) is 9.97 Å². The second-order valence-electron chi connectivity index (χ2n) is 3.43. The predicted molar refractivity (Wildman–Crippen MR) is 65.2 cm³/mol. The molecule has 2 aromatic rings. The maximum Gasteiger partial charge on any atom is 0.192 e. The largest absolute Gasteiger partial charge is 0.326 e. The molecule has 0 bridgehead atoms. The molecule has 1 aromatic heterocycles. The van der Waals surface area contributed by atoms with Gasteiger partial charge in [0.15, 0.2) is 5.16 Å². The van der Waals surface area contributed by atoms with Gasteiger partial charge in [0.05, 0.1) is 0 Å². The lowest BCUT2D eigenvalue weighted by Gasteiger charge is -2.02. The lowest BCUT2D eigenvalue weighted by atomic mass is 10.2. The third-order valence-corrected chi connectivity index (χ3v) is 3.03. The third-order valence-electron chi connectivity index (χ3n) is 2.14. The Morgan fingerprint density at radius 3 is 2.56 bits per heavy atom. The molecule has 0 unspecified atom stereocenters. The highest BCUT2D eigenvalue weighted by molar-refractivity contribution is 7.99. The van der Waals surface area contributed by atoms with Crippen molar-refractivity contribution in [3.8, 4) is 0 Å². The van der Waals surface area contributed by atoms with E-state index in [0.717, 1.165) is 21.3 Å². The molecule has 1 aromatic carbocycles. The van der Waals surface area contributed by atoms with Crippen molar-refractivity contribution in [3.05, 3.63) is 47.8 Å². The van der Waals surface area contributed by atoms with Crippen LogP contribution in [0, 0.1) is 6.92 Å². The standard InChI is InChI=1S/C12H13N3S/c1-9-6-7-14-12(15-9)16-11-4-2-10(8-13)3-5-11/h2-7H,8,13H2,1H3. The lowest BCUT2D eigenvalue weighted by molar-refractivity contribution is 0.932. The second-order valence-corrected chi connectivity index (χ2v) is 4.47. The Morgan fingerprint density at radius 1 is 1.19 bits per heavy atom. The van der Waals surface area contributed by atoms with Crippen molar-refractivity contribution in [2.24, 2.45) is 5.73 Å². The zero-order valence-electron chi connectivity index (χ0n) is 9.05. The van der Waals surface area contributed by atoms with Crippen LogP contribution in [0.15, 0.2) is 46.6 Å². The molecule has 0 saturated carbocycles. The number of nitrogens with zero attached hydrogens (tertiary/aromatic N) is 2. The van der Waals surface area contributed by atoms with Crippen LogP contribution in [0.4, 0.5) is 0 Å². The van der Waals surface area contributed by atoms with Crippen LogP contribution in [0.1, 0.15) is 11.3 Å². The third kappa shape index (κ3) is 2.81. The number of hydrogen-bond donors (Lipinski definition) is 1. The van der Waals surface area contributed by atoms with Gasteiger partial charge in [0.2, 0.25) is 0 Å². The zero-order chi connectivity index (χ0) is 11.4. The van der Waals surface area contributed by atoms with Crippen LogP contribution in [0.5, 0.6) is 0 Å². The molecule has 0 fully saturated rings. The minimum absolute atomic E-state index is 0.575. The van der Waals surface area contributed by atoms with E-state index in [1.807, 2.05) is 37.3 Å². The first-order valence-electron chi connectivity index (χ1n) is 5.04. The van der Waals surface area contributed by atoms with Crippen molar-refractivity contribution >= 4 is 11.8 Å². The SMILES string of the molecule is Cc1ccnc(Sc2ccc(CN)cc2)n1. The fraction of sp³-hybridized carbons (Fsp3) is 0.167. The van der Waals surface area contributed by atoms with E-state index in [4.69, 9.17) is 5.73 Å². The molecule has 0 spiro atoms. The van der Waals surface area contributed by atoms with Gasteiger partial charge in [0.1, 0.15) is 0 Å². The molecule has 82 valence electrons. The van der Waals surface area contributed by atoms with Gasteiger partial charge in [-0.25, -0.2) is 9.97 Å². The molecular weight excluding hydrogens is 218 g/mol. The van der Waals surface area contributed by atoms with E-state index >= 15 is 0 Å². The highest BCUT2D eigenvalue weighted by Crippen LogP contribution is 2.24. The Bertz CT molecular complexity index is 468. The van der Waals surface area contributed by atoms with Gasteiger partial charge in [-0.3, -0.25) is 0 Å². The average Bonchev–Trinajstić information content (AvgIpc) is 2.30. The molecule has 0 amide bonds. The van der Waals surface area contributed by atoms with Crippen LogP contribution in [0.25, 0.3) is 0 Å². The minimum Gasteiger partial charge on any atom is -0.326 e. The van der Waals surface area contributed by atoms with E-state index in [1.54, 1.807) is 18.0 Å². The highest BCUT2D eigenvalue weighted by Gasteiger charge is 2.00. The number of hydrogen-bond acceptors (Lipinski definition) is 4. The van der Waals surface area contributed by atoms with Crippen molar-refractivity contribution in [3.63, 3.8) is 0 Å². The van der Waals surface area contributed by atoms with E-state index < -0.39 is 0 Å². The molecule has 0 radical (unpaired) electrons. The van der Waals surface area contributed by atoms with Crippen molar-refractivity contribution < 1.29 is 0 Å². The summed E-state index contributed by atoms with van der Waals surface area (Å²) in [7, 11) is 0. The maximum atomic E-state index is 5.54. The van der Waals surface area contributed by atoms with Gasteiger partial charge < -0.3 is 5.73 Å². The highest BCUT2D eigenvalue weighted by atomic mass is 32.2. The summed E-state index contributed by atoms with van der Waals surface area (Å²) in [5.41, 5.74) is 7.66. The fourth-order valence-electron chi connectivity index (χ4n) is 1.27. The normalized spacial score (nSPS) is 10.4. The van der Waals surface area contributed by atoms with Crippen LogP contribution in [0.3, 0.4) is 0 Å². The van der Waals surface area contributed by atoms with Crippen LogP contribution < -0.4 is 5.73 Å². The summed E-state index contributed by atoms with van der Waals surface area (Å²) in [6, 6.07) is 10.0. The van der Waals surface area contributed by atoms with Gasteiger partial charge in [-0.05, 0) is 42.4 Å². The van der Waals surface area contributed by atoms with Crippen molar-refractivity contribution in [2.45, 2.75) is 23.5 Å². The van der Waals surface area contributed by atoms with Crippen LogP contribution >= 0.6 is 11.8 Å². The Morgan fingerprint density at radius 2 is 1.94 bits per heavy atom. The van der Waals surface area contributed by atoms with Gasteiger partial charge in [-0.2, -0.15) is 0 Å². The van der Waals surface area contributed by atoms with Crippen LogP contribution in [-0.2, 0) is 6.54 Å². The number of aromatic nitrogens is 2. The second kappa shape index (κ2) is 5.09. The van der Waals surface area contributed by atoms with E-state index in [9.17, 15) is 0 Å². The molecule has 2 rings (SSSR count). The van der Waals surface area contributed by atoms with E-state index in [0.29, 0.717) is 6.54 Å². The molecule has 1 heterocycles. The maximum absolute atomic E-state index is 5.54. The van der Waals surface area contributed by atoms with Gasteiger partial charge in [-0.1, -0.05) is 12.1 Å². The molecule has 0 aliphatic rings.